The number of thioether (sulfide) groups is 1. The molecule has 0 aliphatic carbocycles. The molecule has 0 unspecified atom stereocenters. The summed E-state index contributed by atoms with van der Waals surface area (Å²) in [5.41, 5.74) is 1.04. The Balaban J connectivity index is 2.23. The number of amides is 2. The number of hydrogen-bond donors (Lipinski definition) is 1. The summed E-state index contributed by atoms with van der Waals surface area (Å²) in [6.45, 7) is 0. The molecule has 1 aromatic carbocycles. The van der Waals surface area contributed by atoms with Crippen LogP contribution in [0.5, 0.6) is 0 Å². The molecule has 2 aromatic rings. The number of nitrogens with one attached hydrogen (secondary N) is 1. The first-order chi connectivity index (χ1) is 11.0. The lowest BCUT2D eigenvalue weighted by molar-refractivity contribution is -0.130. The number of nitrogens with zero attached hydrogens (tertiary/aromatic N) is 3. The summed E-state index contributed by atoms with van der Waals surface area (Å²) in [6.07, 6.45) is 4.77. The van der Waals surface area contributed by atoms with E-state index in [0.717, 1.165) is 5.56 Å². The highest BCUT2D eigenvalue weighted by Gasteiger charge is 2.24. The monoisotopic (exact) mass is 330 g/mol. The molecule has 7 heteroatoms. The summed E-state index contributed by atoms with van der Waals surface area (Å²) in [7, 11) is 3.31. The Morgan fingerprint density at radius 1 is 1.13 bits per heavy atom. The van der Waals surface area contributed by atoms with Crippen LogP contribution in [0.25, 0.3) is 0 Å². The zero-order chi connectivity index (χ0) is 16.8. The van der Waals surface area contributed by atoms with Gasteiger partial charge in [0.25, 0.3) is 5.91 Å². The van der Waals surface area contributed by atoms with Gasteiger partial charge in [0.1, 0.15) is 6.04 Å². The van der Waals surface area contributed by atoms with Gasteiger partial charge in [-0.25, -0.2) is 9.97 Å². The van der Waals surface area contributed by atoms with E-state index in [0.29, 0.717) is 10.7 Å². The van der Waals surface area contributed by atoms with Crippen LogP contribution in [-0.2, 0) is 4.79 Å². The predicted octanol–water partition coefficient (Wildman–Crippen LogP) is 1.76. The van der Waals surface area contributed by atoms with E-state index in [1.165, 1.54) is 29.1 Å². The van der Waals surface area contributed by atoms with Crippen molar-refractivity contribution in [3.8, 4) is 0 Å². The summed E-state index contributed by atoms with van der Waals surface area (Å²) < 4.78 is 0. The molecule has 1 atom stereocenters. The van der Waals surface area contributed by atoms with Crippen molar-refractivity contribution in [1.82, 2.24) is 20.2 Å². The van der Waals surface area contributed by atoms with Crippen LogP contribution in [0, 0.1) is 0 Å². The molecule has 23 heavy (non-hydrogen) atoms. The van der Waals surface area contributed by atoms with Crippen molar-refractivity contribution in [3.63, 3.8) is 0 Å². The Labute approximate surface area is 139 Å². The summed E-state index contributed by atoms with van der Waals surface area (Å²) in [4.78, 5) is 34.4. The van der Waals surface area contributed by atoms with Crippen molar-refractivity contribution in [1.29, 1.82) is 0 Å². The highest BCUT2D eigenvalue weighted by Crippen LogP contribution is 2.16. The molecular weight excluding hydrogens is 312 g/mol. The van der Waals surface area contributed by atoms with Gasteiger partial charge in [0.15, 0.2) is 5.16 Å². The highest BCUT2D eigenvalue weighted by molar-refractivity contribution is 7.98. The molecular formula is C16H18N4O2S. The van der Waals surface area contributed by atoms with Crippen molar-refractivity contribution in [3.05, 3.63) is 53.9 Å². The van der Waals surface area contributed by atoms with E-state index >= 15 is 0 Å². The molecule has 2 amide bonds. The fraction of sp³-hybridized carbons (Fsp3) is 0.250. The van der Waals surface area contributed by atoms with Crippen LogP contribution in [0.4, 0.5) is 0 Å². The number of benzene rings is 1. The molecule has 0 radical (unpaired) electrons. The normalized spacial score (nSPS) is 11.6. The number of carbonyl (C=O) groups is 2. The number of likely N-dealkylation sites (N-methyl/N-ethyl adjacent to an activating group) is 1. The first-order valence-electron chi connectivity index (χ1n) is 6.96. The van der Waals surface area contributed by atoms with Gasteiger partial charge in [0.05, 0.1) is 5.56 Å². The van der Waals surface area contributed by atoms with Crippen LogP contribution < -0.4 is 5.32 Å². The molecule has 120 valence electrons. The Hall–Kier alpha value is -2.41. The maximum atomic E-state index is 12.4. The van der Waals surface area contributed by atoms with E-state index in [9.17, 15) is 9.59 Å². The van der Waals surface area contributed by atoms with Gasteiger partial charge < -0.3 is 10.2 Å². The Morgan fingerprint density at radius 3 is 2.26 bits per heavy atom. The van der Waals surface area contributed by atoms with Gasteiger partial charge in [0, 0.05) is 26.5 Å². The summed E-state index contributed by atoms with van der Waals surface area (Å²) in [6, 6.07) is 8.37. The molecule has 0 saturated carbocycles. The number of rotatable bonds is 5. The van der Waals surface area contributed by atoms with Gasteiger partial charge in [-0.3, -0.25) is 9.59 Å². The zero-order valence-electron chi connectivity index (χ0n) is 13.2. The van der Waals surface area contributed by atoms with Gasteiger partial charge >= 0.3 is 0 Å². The van der Waals surface area contributed by atoms with E-state index in [1.54, 1.807) is 26.2 Å². The fourth-order valence-electron chi connectivity index (χ4n) is 1.94. The summed E-state index contributed by atoms with van der Waals surface area (Å²) in [5, 5.41) is 3.34. The van der Waals surface area contributed by atoms with Gasteiger partial charge in [-0.2, -0.15) is 0 Å². The molecule has 2 rings (SSSR count). The van der Waals surface area contributed by atoms with Crippen molar-refractivity contribution in [2.24, 2.45) is 0 Å². The molecule has 0 saturated heterocycles. The Bertz CT molecular complexity index is 674. The average molecular weight is 330 g/mol. The average Bonchev–Trinajstić information content (AvgIpc) is 2.59. The van der Waals surface area contributed by atoms with E-state index in [2.05, 4.69) is 15.3 Å². The molecule has 0 bridgehead atoms. The molecule has 0 spiro atoms. The first-order valence-corrected chi connectivity index (χ1v) is 8.18. The van der Waals surface area contributed by atoms with Gasteiger partial charge in [-0.1, -0.05) is 42.1 Å². The number of carbonyl (C=O) groups excluding carboxylic acids is 2. The fourth-order valence-corrected chi connectivity index (χ4v) is 2.26. The largest absolute Gasteiger partial charge is 0.347 e. The smallest absolute Gasteiger partial charge is 0.255 e. The van der Waals surface area contributed by atoms with Crippen LogP contribution >= 0.6 is 11.8 Å². The van der Waals surface area contributed by atoms with Crippen LogP contribution in [-0.4, -0.2) is 47.0 Å². The summed E-state index contributed by atoms with van der Waals surface area (Å²) >= 11 is 1.39. The Morgan fingerprint density at radius 2 is 1.74 bits per heavy atom. The lowest BCUT2D eigenvalue weighted by Crippen LogP contribution is -2.39. The van der Waals surface area contributed by atoms with Gasteiger partial charge in [0.2, 0.25) is 5.91 Å². The van der Waals surface area contributed by atoms with Crippen LogP contribution in [0.15, 0.2) is 47.9 Å². The first kappa shape index (κ1) is 17.0. The lowest BCUT2D eigenvalue weighted by atomic mass is 10.1. The number of aromatic nitrogens is 2. The van der Waals surface area contributed by atoms with E-state index < -0.39 is 6.04 Å². The Kier molecular flexibility index (Phi) is 5.70. The minimum absolute atomic E-state index is 0.203. The maximum Gasteiger partial charge on any atom is 0.255 e. The maximum absolute atomic E-state index is 12.4. The molecule has 1 heterocycles. The predicted molar refractivity (Wildman–Crippen MR) is 89.2 cm³/mol. The second kappa shape index (κ2) is 7.73. The van der Waals surface area contributed by atoms with Gasteiger partial charge in [-0.15, -0.1) is 0 Å². The molecule has 1 aromatic heterocycles. The van der Waals surface area contributed by atoms with Crippen LogP contribution in [0.1, 0.15) is 22.0 Å². The minimum atomic E-state index is -0.751. The molecule has 0 aliphatic rings. The summed E-state index contributed by atoms with van der Waals surface area (Å²) in [5.74, 6) is -0.590. The third kappa shape index (κ3) is 4.29. The lowest BCUT2D eigenvalue weighted by Gasteiger charge is -2.22. The molecule has 0 aliphatic heterocycles. The van der Waals surface area contributed by atoms with E-state index in [1.807, 2.05) is 24.5 Å². The molecule has 0 fully saturated rings. The quantitative estimate of drug-likeness (QED) is 0.668. The topological polar surface area (TPSA) is 75.2 Å². The standard InChI is InChI=1S/C16H18N4O2S/c1-20(2)15(22)13(11-7-5-4-6-8-11)19-14(21)12-9-17-16(23-3)18-10-12/h4-10,13H,1-3H3,(H,19,21)/t13-/m1/s1. The van der Waals surface area contributed by atoms with E-state index in [-0.39, 0.29) is 11.8 Å². The van der Waals surface area contributed by atoms with Crippen molar-refractivity contribution in [2.75, 3.05) is 20.4 Å². The highest BCUT2D eigenvalue weighted by atomic mass is 32.2. The third-order valence-electron chi connectivity index (χ3n) is 3.17. The van der Waals surface area contributed by atoms with Crippen molar-refractivity contribution in [2.45, 2.75) is 11.2 Å². The zero-order valence-corrected chi connectivity index (χ0v) is 14.0. The van der Waals surface area contributed by atoms with E-state index in [4.69, 9.17) is 0 Å². The van der Waals surface area contributed by atoms with Crippen molar-refractivity contribution >= 4 is 23.6 Å². The van der Waals surface area contributed by atoms with Gasteiger partial charge in [-0.05, 0) is 11.8 Å². The van der Waals surface area contributed by atoms with Crippen molar-refractivity contribution < 1.29 is 9.59 Å². The van der Waals surface area contributed by atoms with Crippen LogP contribution in [0.3, 0.4) is 0 Å². The molecule has 6 nitrogen and oxygen atoms in total. The third-order valence-corrected chi connectivity index (χ3v) is 3.74. The minimum Gasteiger partial charge on any atom is -0.347 e. The second-order valence-corrected chi connectivity index (χ2v) is 5.78. The SMILES string of the molecule is CSc1ncc(C(=O)N[C@@H](C(=O)N(C)C)c2ccccc2)cn1. The second-order valence-electron chi connectivity index (χ2n) is 5.01. The molecule has 1 N–H and O–H groups in total. The number of hydrogen-bond acceptors (Lipinski definition) is 5. The van der Waals surface area contributed by atoms with Crippen LogP contribution in [0.2, 0.25) is 0 Å².